The number of aromatic nitrogens is 2. The third kappa shape index (κ3) is 3.07. The fourth-order valence-electron chi connectivity index (χ4n) is 2.87. The van der Waals surface area contributed by atoms with E-state index in [2.05, 4.69) is 59.9 Å². The van der Waals surface area contributed by atoms with Crippen LogP contribution in [-0.4, -0.2) is 35.1 Å². The van der Waals surface area contributed by atoms with E-state index in [1.807, 2.05) is 0 Å². The number of hydrogen-bond donors (Lipinski definition) is 0. The molecule has 0 radical (unpaired) electrons. The standard InChI is InChI=1S/C18H23N3O/c1-14-13-21(10-5-4-9-20(2)3)17-7-6-15(12-16(14)17)18-19-8-11-22-18/h6-8,11-13H,4-5,9-10H2,1-3H3. The second-order valence-electron chi connectivity index (χ2n) is 6.09. The molecule has 0 aliphatic heterocycles. The summed E-state index contributed by atoms with van der Waals surface area (Å²) in [6, 6.07) is 6.44. The van der Waals surface area contributed by atoms with Gasteiger partial charge in [-0.3, -0.25) is 0 Å². The van der Waals surface area contributed by atoms with Gasteiger partial charge in [-0.2, -0.15) is 0 Å². The molecule has 0 aliphatic carbocycles. The predicted molar refractivity (Wildman–Crippen MR) is 90.0 cm³/mol. The van der Waals surface area contributed by atoms with E-state index >= 15 is 0 Å². The van der Waals surface area contributed by atoms with Crippen LogP contribution in [0.4, 0.5) is 0 Å². The van der Waals surface area contributed by atoms with Crippen molar-refractivity contribution in [3.8, 4) is 11.5 Å². The van der Waals surface area contributed by atoms with Crippen LogP contribution < -0.4 is 0 Å². The molecule has 0 fully saturated rings. The lowest BCUT2D eigenvalue weighted by Crippen LogP contribution is -2.13. The summed E-state index contributed by atoms with van der Waals surface area (Å²) < 4.78 is 7.76. The van der Waals surface area contributed by atoms with Gasteiger partial charge in [-0.1, -0.05) is 0 Å². The molecule has 0 spiro atoms. The molecule has 3 rings (SSSR count). The summed E-state index contributed by atoms with van der Waals surface area (Å²) in [5, 5.41) is 1.28. The number of rotatable bonds is 6. The molecule has 0 amide bonds. The Bertz CT molecular complexity index is 741. The van der Waals surface area contributed by atoms with Gasteiger partial charge in [-0.25, -0.2) is 4.98 Å². The Kier molecular flexibility index (Phi) is 4.29. The van der Waals surface area contributed by atoms with Crippen molar-refractivity contribution in [1.29, 1.82) is 0 Å². The number of oxazole rings is 1. The molecular formula is C18H23N3O. The zero-order valence-electron chi connectivity index (χ0n) is 13.5. The van der Waals surface area contributed by atoms with Crippen LogP contribution in [0.1, 0.15) is 18.4 Å². The van der Waals surface area contributed by atoms with Gasteiger partial charge >= 0.3 is 0 Å². The number of aryl methyl sites for hydroxylation is 2. The summed E-state index contributed by atoms with van der Waals surface area (Å²) in [5.41, 5.74) is 3.62. The van der Waals surface area contributed by atoms with Gasteiger partial charge in [0.15, 0.2) is 0 Å². The monoisotopic (exact) mass is 297 g/mol. The van der Waals surface area contributed by atoms with Gasteiger partial charge in [0, 0.05) is 29.2 Å². The average molecular weight is 297 g/mol. The molecule has 2 heterocycles. The summed E-state index contributed by atoms with van der Waals surface area (Å²) in [6.07, 6.45) is 7.97. The van der Waals surface area contributed by atoms with Crippen LogP contribution in [0.2, 0.25) is 0 Å². The first kappa shape index (κ1) is 14.9. The molecule has 0 bridgehead atoms. The first-order valence-electron chi connectivity index (χ1n) is 7.79. The first-order chi connectivity index (χ1) is 10.6. The van der Waals surface area contributed by atoms with Gasteiger partial charge in [-0.15, -0.1) is 0 Å². The molecule has 0 unspecified atom stereocenters. The van der Waals surface area contributed by atoms with Gasteiger partial charge < -0.3 is 13.9 Å². The number of benzene rings is 1. The number of fused-ring (bicyclic) bond motifs is 1. The summed E-state index contributed by atoms with van der Waals surface area (Å²) in [4.78, 5) is 6.47. The lowest BCUT2D eigenvalue weighted by molar-refractivity contribution is 0.388. The molecule has 116 valence electrons. The van der Waals surface area contributed by atoms with Crippen LogP contribution in [0.5, 0.6) is 0 Å². The van der Waals surface area contributed by atoms with E-state index in [0.717, 1.165) is 18.7 Å². The minimum atomic E-state index is 0.681. The van der Waals surface area contributed by atoms with Crippen LogP contribution in [0.25, 0.3) is 22.4 Å². The summed E-state index contributed by atoms with van der Waals surface area (Å²) >= 11 is 0. The minimum Gasteiger partial charge on any atom is -0.445 e. The van der Waals surface area contributed by atoms with Crippen molar-refractivity contribution < 1.29 is 4.42 Å². The van der Waals surface area contributed by atoms with Crippen molar-refractivity contribution in [1.82, 2.24) is 14.5 Å². The second kappa shape index (κ2) is 6.36. The highest BCUT2D eigenvalue weighted by Crippen LogP contribution is 2.27. The van der Waals surface area contributed by atoms with Gasteiger partial charge in [-0.05, 0) is 64.2 Å². The molecule has 3 aromatic rings. The van der Waals surface area contributed by atoms with E-state index in [4.69, 9.17) is 4.42 Å². The average Bonchev–Trinajstić information content (AvgIpc) is 3.12. The highest BCUT2D eigenvalue weighted by Gasteiger charge is 2.09. The van der Waals surface area contributed by atoms with Crippen molar-refractivity contribution >= 4 is 10.9 Å². The fraction of sp³-hybridized carbons (Fsp3) is 0.389. The third-order valence-electron chi connectivity index (χ3n) is 4.01. The molecule has 0 saturated heterocycles. The van der Waals surface area contributed by atoms with Gasteiger partial charge in [0.05, 0.1) is 6.20 Å². The van der Waals surface area contributed by atoms with Gasteiger partial charge in [0.1, 0.15) is 6.26 Å². The number of hydrogen-bond acceptors (Lipinski definition) is 3. The fourth-order valence-corrected chi connectivity index (χ4v) is 2.87. The van der Waals surface area contributed by atoms with Crippen molar-refractivity contribution in [3.63, 3.8) is 0 Å². The largest absolute Gasteiger partial charge is 0.445 e. The molecule has 0 aliphatic rings. The molecule has 22 heavy (non-hydrogen) atoms. The molecule has 0 atom stereocenters. The maximum atomic E-state index is 5.39. The smallest absolute Gasteiger partial charge is 0.225 e. The van der Waals surface area contributed by atoms with Crippen molar-refractivity contribution in [2.45, 2.75) is 26.3 Å². The zero-order chi connectivity index (χ0) is 15.5. The maximum Gasteiger partial charge on any atom is 0.225 e. The van der Waals surface area contributed by atoms with E-state index in [1.54, 1.807) is 12.5 Å². The van der Waals surface area contributed by atoms with E-state index in [-0.39, 0.29) is 0 Å². The Morgan fingerprint density at radius 3 is 2.82 bits per heavy atom. The molecular weight excluding hydrogens is 274 g/mol. The Morgan fingerprint density at radius 2 is 2.09 bits per heavy atom. The van der Waals surface area contributed by atoms with Gasteiger partial charge in [0.2, 0.25) is 5.89 Å². The zero-order valence-corrected chi connectivity index (χ0v) is 13.5. The summed E-state index contributed by atoms with van der Waals surface area (Å²) in [6.45, 7) is 4.38. The maximum absolute atomic E-state index is 5.39. The molecule has 0 N–H and O–H groups in total. The lowest BCUT2D eigenvalue weighted by atomic mass is 10.1. The van der Waals surface area contributed by atoms with Crippen LogP contribution in [0.3, 0.4) is 0 Å². The van der Waals surface area contributed by atoms with Crippen molar-refractivity contribution in [2.24, 2.45) is 0 Å². The van der Waals surface area contributed by atoms with E-state index in [1.165, 1.54) is 29.3 Å². The molecule has 0 saturated carbocycles. The Hall–Kier alpha value is -2.07. The third-order valence-corrected chi connectivity index (χ3v) is 4.01. The van der Waals surface area contributed by atoms with Crippen molar-refractivity contribution in [2.75, 3.05) is 20.6 Å². The first-order valence-corrected chi connectivity index (χ1v) is 7.79. The number of nitrogens with zero attached hydrogens (tertiary/aromatic N) is 3. The van der Waals surface area contributed by atoms with Crippen LogP contribution in [0.15, 0.2) is 41.3 Å². The summed E-state index contributed by atoms with van der Waals surface area (Å²) in [7, 11) is 4.25. The van der Waals surface area contributed by atoms with Crippen LogP contribution in [-0.2, 0) is 6.54 Å². The van der Waals surface area contributed by atoms with Crippen LogP contribution in [0, 0.1) is 6.92 Å². The lowest BCUT2D eigenvalue weighted by Gasteiger charge is -2.10. The summed E-state index contributed by atoms with van der Waals surface area (Å²) in [5.74, 6) is 0.681. The van der Waals surface area contributed by atoms with Crippen molar-refractivity contribution in [3.05, 3.63) is 42.4 Å². The molecule has 4 nitrogen and oxygen atoms in total. The number of unbranched alkanes of at least 4 members (excludes halogenated alkanes) is 1. The molecule has 2 aromatic heterocycles. The predicted octanol–water partition coefficient (Wildman–Crippen LogP) is 3.95. The highest BCUT2D eigenvalue weighted by atomic mass is 16.3. The van der Waals surface area contributed by atoms with E-state index in [0.29, 0.717) is 5.89 Å². The minimum absolute atomic E-state index is 0.681. The van der Waals surface area contributed by atoms with E-state index < -0.39 is 0 Å². The van der Waals surface area contributed by atoms with Crippen LogP contribution >= 0.6 is 0 Å². The van der Waals surface area contributed by atoms with E-state index in [9.17, 15) is 0 Å². The quantitative estimate of drug-likeness (QED) is 0.646. The topological polar surface area (TPSA) is 34.2 Å². The normalized spacial score (nSPS) is 11.6. The SMILES string of the molecule is Cc1cn(CCCCN(C)C)c2ccc(-c3ncco3)cc12. The second-order valence-corrected chi connectivity index (χ2v) is 6.09. The Labute approximate surface area is 131 Å². The highest BCUT2D eigenvalue weighted by molar-refractivity contribution is 5.87. The van der Waals surface area contributed by atoms with Gasteiger partial charge in [0.25, 0.3) is 0 Å². The Balaban J connectivity index is 1.81. The Morgan fingerprint density at radius 1 is 1.23 bits per heavy atom. The molecule has 4 heteroatoms. The molecule has 1 aromatic carbocycles.